The number of carbonyl (C=O) groups excluding carboxylic acids is 1. The molecule has 0 aromatic heterocycles. The number of halogens is 1. The molecule has 0 spiro atoms. The minimum absolute atomic E-state index is 0.172. The third kappa shape index (κ3) is 2.98. The summed E-state index contributed by atoms with van der Waals surface area (Å²) < 4.78 is 7.54. The van der Waals surface area contributed by atoms with Gasteiger partial charge in [-0.1, -0.05) is 0 Å². The quantitative estimate of drug-likeness (QED) is 0.328. The molecule has 0 radical (unpaired) electrons. The molecule has 5 nitrogen and oxygen atoms in total. The number of nitrogens with zero attached hydrogens (tertiary/aromatic N) is 2. The van der Waals surface area contributed by atoms with Crippen molar-refractivity contribution in [3.63, 3.8) is 0 Å². The van der Waals surface area contributed by atoms with Crippen molar-refractivity contribution in [2.75, 3.05) is 30.6 Å². The van der Waals surface area contributed by atoms with Crippen LogP contribution in [0.25, 0.3) is 0 Å². The first kappa shape index (κ1) is 12.4. The first-order valence-corrected chi connectivity index (χ1v) is 8.31. The molecule has 2 saturated heterocycles. The second-order valence-electron chi connectivity index (χ2n) is 4.77. The van der Waals surface area contributed by atoms with Crippen LogP contribution in [0.3, 0.4) is 0 Å². The minimum atomic E-state index is -0.260. The summed E-state index contributed by atoms with van der Waals surface area (Å²) in [7, 11) is 0. The number of alkyl halides is 2. The van der Waals surface area contributed by atoms with Gasteiger partial charge in [-0.3, -0.25) is 0 Å². The second kappa shape index (κ2) is 4.66. The Kier molecular flexibility index (Phi) is 3.60. The molecule has 0 saturated carbocycles. The Morgan fingerprint density at radius 1 is 1.38 bits per heavy atom. The molecule has 1 amide bonds. The Balaban J connectivity index is 1.83. The van der Waals surface area contributed by atoms with Crippen molar-refractivity contribution in [3.8, 4) is 0 Å². The number of hydrogen-bond acceptors (Lipinski definition) is 4. The molecule has 2 aliphatic heterocycles. The number of ether oxygens (including phenoxy) is 1. The van der Waals surface area contributed by atoms with Crippen molar-refractivity contribution < 1.29 is 30.7 Å². The molecule has 1 atom stereocenters. The van der Waals surface area contributed by atoms with E-state index in [1.54, 1.807) is 9.91 Å². The molecule has 2 N–H and O–H groups in total. The number of hydrazine groups is 1. The molecular weight excluding hydrogens is 321 g/mol. The van der Waals surface area contributed by atoms with Gasteiger partial charge in [-0.25, -0.2) is 0 Å². The van der Waals surface area contributed by atoms with Crippen LogP contribution in [0.2, 0.25) is 0 Å². The van der Waals surface area contributed by atoms with Crippen molar-refractivity contribution in [2.45, 2.75) is 23.4 Å². The maximum atomic E-state index is 11.9. The zero-order valence-corrected chi connectivity index (χ0v) is 11.9. The molecule has 0 aromatic rings. The SMILES string of the molecule is CC(C)(OC(=O)N1CCN(N)CC1)C1C[I-]1. The predicted molar refractivity (Wildman–Crippen MR) is 56.5 cm³/mol. The summed E-state index contributed by atoms with van der Waals surface area (Å²) in [6.07, 6.45) is -0.172. The molecule has 6 heteroatoms. The van der Waals surface area contributed by atoms with Crippen LogP contribution in [0.1, 0.15) is 13.8 Å². The van der Waals surface area contributed by atoms with Crippen LogP contribution in [0.5, 0.6) is 0 Å². The van der Waals surface area contributed by atoms with E-state index >= 15 is 0 Å². The van der Waals surface area contributed by atoms with Gasteiger partial charge in [0.05, 0.1) is 0 Å². The number of piperazine rings is 1. The fourth-order valence-electron chi connectivity index (χ4n) is 1.67. The number of rotatable bonds is 2. The Morgan fingerprint density at radius 3 is 2.44 bits per heavy atom. The molecule has 0 aromatic carbocycles. The van der Waals surface area contributed by atoms with E-state index in [2.05, 4.69) is 0 Å². The van der Waals surface area contributed by atoms with Crippen LogP contribution in [0.4, 0.5) is 4.79 Å². The molecule has 0 aliphatic carbocycles. The van der Waals surface area contributed by atoms with E-state index in [9.17, 15) is 4.79 Å². The van der Waals surface area contributed by atoms with Gasteiger partial charge in [0.25, 0.3) is 0 Å². The van der Waals surface area contributed by atoms with Crippen LogP contribution >= 0.6 is 0 Å². The van der Waals surface area contributed by atoms with Crippen LogP contribution in [-0.2, 0) is 4.74 Å². The van der Waals surface area contributed by atoms with Crippen molar-refractivity contribution in [1.29, 1.82) is 0 Å². The molecule has 2 aliphatic rings. The van der Waals surface area contributed by atoms with Crippen LogP contribution in [0, 0.1) is 0 Å². The topological polar surface area (TPSA) is 58.8 Å². The van der Waals surface area contributed by atoms with Crippen molar-refractivity contribution in [2.24, 2.45) is 5.84 Å². The molecule has 2 rings (SSSR count). The second-order valence-corrected chi connectivity index (χ2v) is 8.04. The van der Waals surface area contributed by atoms with Crippen molar-refractivity contribution >= 4 is 6.09 Å². The van der Waals surface area contributed by atoms with Gasteiger partial charge in [0.2, 0.25) is 0 Å². The molecule has 2 fully saturated rings. The van der Waals surface area contributed by atoms with E-state index in [1.165, 1.54) is 4.43 Å². The number of nitrogens with two attached hydrogens (primary N) is 1. The van der Waals surface area contributed by atoms with E-state index in [1.807, 2.05) is 13.8 Å². The van der Waals surface area contributed by atoms with E-state index in [0.717, 1.165) is 13.1 Å². The zero-order valence-electron chi connectivity index (χ0n) is 9.78. The van der Waals surface area contributed by atoms with Crippen molar-refractivity contribution in [3.05, 3.63) is 0 Å². The number of amides is 1. The summed E-state index contributed by atoms with van der Waals surface area (Å²) >= 11 is 0.302. The third-order valence-corrected chi connectivity index (χ3v) is 6.25. The predicted octanol–water partition coefficient (Wildman–Crippen LogP) is -3.14. The Bertz CT molecular complexity index is 273. The van der Waals surface area contributed by atoms with Gasteiger partial charge < -0.3 is 0 Å². The van der Waals surface area contributed by atoms with Crippen LogP contribution in [0.15, 0.2) is 0 Å². The summed E-state index contributed by atoms with van der Waals surface area (Å²) in [6.45, 7) is 6.86. The van der Waals surface area contributed by atoms with E-state index < -0.39 is 0 Å². The first-order chi connectivity index (χ1) is 7.49. The van der Waals surface area contributed by atoms with Crippen LogP contribution in [-0.4, -0.2) is 56.1 Å². The van der Waals surface area contributed by atoms with Gasteiger partial charge >= 0.3 is 107 Å². The zero-order chi connectivity index (χ0) is 11.8. The molecule has 2 heterocycles. The Labute approximate surface area is 107 Å². The van der Waals surface area contributed by atoms with Crippen LogP contribution < -0.4 is 27.0 Å². The van der Waals surface area contributed by atoms with E-state index in [-0.39, 0.29) is 11.7 Å². The molecular formula is C10H19IN3O2-. The third-order valence-electron chi connectivity index (χ3n) is 2.99. The van der Waals surface area contributed by atoms with Crippen molar-refractivity contribution in [1.82, 2.24) is 9.91 Å². The summed E-state index contributed by atoms with van der Waals surface area (Å²) in [4.78, 5) is 13.7. The number of carbonyl (C=O) groups is 1. The van der Waals surface area contributed by atoms with Gasteiger partial charge in [-0.15, -0.1) is 0 Å². The fourth-order valence-corrected chi connectivity index (χ4v) is 4.18. The molecule has 0 bridgehead atoms. The Morgan fingerprint density at radius 2 is 1.94 bits per heavy atom. The van der Waals surface area contributed by atoms with Gasteiger partial charge in [0.15, 0.2) is 0 Å². The molecule has 94 valence electrons. The first-order valence-electron chi connectivity index (χ1n) is 5.54. The summed E-state index contributed by atoms with van der Waals surface area (Å²) in [5, 5.41) is 1.74. The summed E-state index contributed by atoms with van der Waals surface area (Å²) in [6, 6.07) is 0. The van der Waals surface area contributed by atoms with Gasteiger partial charge in [-0.2, -0.15) is 0 Å². The molecule has 1 unspecified atom stereocenters. The average molecular weight is 340 g/mol. The summed E-state index contributed by atoms with van der Waals surface area (Å²) in [5.41, 5.74) is -0.260. The Hall–Kier alpha value is -0.0800. The van der Waals surface area contributed by atoms with Gasteiger partial charge in [0, 0.05) is 0 Å². The summed E-state index contributed by atoms with van der Waals surface area (Å²) in [5.74, 6) is 5.64. The number of hydrogen-bond donors (Lipinski definition) is 1. The average Bonchev–Trinajstić information content (AvgIpc) is 3.01. The molecule has 16 heavy (non-hydrogen) atoms. The van der Waals surface area contributed by atoms with E-state index in [4.69, 9.17) is 10.6 Å². The van der Waals surface area contributed by atoms with Gasteiger partial charge in [-0.05, 0) is 0 Å². The monoisotopic (exact) mass is 340 g/mol. The van der Waals surface area contributed by atoms with Gasteiger partial charge in [0.1, 0.15) is 0 Å². The standard InChI is InChI=1S/C10H19IN3O2/c1-10(2,8-7-11-8)16-9(15)13-3-5-14(12)6-4-13/h8H,3-7,12H2,1-2H3/q-1. The maximum absolute atomic E-state index is 11.9. The van der Waals surface area contributed by atoms with E-state index in [0.29, 0.717) is 38.2 Å². The fraction of sp³-hybridized carbons (Fsp3) is 0.900. The normalized spacial score (nSPS) is 27.2.